The number of aromatic nitrogens is 2. The smallest absolute Gasteiger partial charge is 0.411 e. The first-order valence-electron chi connectivity index (χ1n) is 9.29. The Morgan fingerprint density at radius 2 is 1.94 bits per heavy atom. The zero-order valence-electron chi connectivity index (χ0n) is 17.3. The number of rotatable bonds is 6. The fourth-order valence-electron chi connectivity index (χ4n) is 3.05. The fourth-order valence-corrected chi connectivity index (χ4v) is 3.62. The Labute approximate surface area is 196 Å². The van der Waals surface area contributed by atoms with Crippen LogP contribution in [0.4, 0.5) is 16.2 Å². The van der Waals surface area contributed by atoms with E-state index in [1.165, 1.54) is 29.6 Å². The monoisotopic (exact) mass is 493 g/mol. The van der Waals surface area contributed by atoms with Gasteiger partial charge in [-0.1, -0.05) is 37.0 Å². The molecule has 1 aliphatic heterocycles. The molecule has 3 rings (SSSR count). The zero-order valence-corrected chi connectivity index (χ0v) is 18.8. The topological polar surface area (TPSA) is 173 Å². The van der Waals surface area contributed by atoms with E-state index < -0.39 is 17.7 Å². The van der Waals surface area contributed by atoms with Crippen LogP contribution in [0.1, 0.15) is 13.8 Å². The Hall–Kier alpha value is -3.82. The molecule has 0 bridgehead atoms. The normalized spacial score (nSPS) is 14.6. The number of imide groups is 1. The summed E-state index contributed by atoms with van der Waals surface area (Å²) in [7, 11) is 0. The lowest BCUT2D eigenvalue weighted by Gasteiger charge is -2.46. The Bertz CT molecular complexity index is 1220. The summed E-state index contributed by atoms with van der Waals surface area (Å²) in [5.74, 6) is -1.10. The van der Waals surface area contributed by atoms with Gasteiger partial charge in [-0.05, 0) is 17.5 Å². The molecule has 1 aromatic carbocycles. The lowest BCUT2D eigenvalue weighted by atomic mass is 9.84. The largest absolute Gasteiger partial charge is 0.465 e. The number of nitrogens with one attached hydrogen (secondary N) is 3. The Kier molecular flexibility index (Phi) is 6.75. The summed E-state index contributed by atoms with van der Waals surface area (Å²) in [4.78, 5) is 36.1. The molecular formula is C19H17Cl2N7O5. The number of carbonyl (C=O) groups is 2. The van der Waals surface area contributed by atoms with Crippen molar-refractivity contribution in [3.63, 3.8) is 0 Å². The molecule has 0 spiro atoms. The summed E-state index contributed by atoms with van der Waals surface area (Å²) in [5, 5.41) is 28.9. The van der Waals surface area contributed by atoms with Gasteiger partial charge in [0.05, 0.1) is 15.7 Å². The number of carboxylic acid groups (broad SMARTS) is 1. The summed E-state index contributed by atoms with van der Waals surface area (Å²) >= 11 is 12.5. The van der Waals surface area contributed by atoms with Gasteiger partial charge in [0, 0.05) is 19.2 Å². The fraction of sp³-hybridized carbons (Fsp3) is 0.263. The number of nitrogens with zero attached hydrogens (tertiary/aromatic N) is 4. The minimum Gasteiger partial charge on any atom is -0.465 e. The van der Waals surface area contributed by atoms with Crippen molar-refractivity contribution < 1.29 is 19.4 Å². The second-order valence-electron chi connectivity index (χ2n) is 7.76. The number of nitriles is 1. The van der Waals surface area contributed by atoms with Crippen molar-refractivity contribution in [2.24, 2.45) is 10.5 Å². The molecule has 1 aliphatic rings. The number of hydrogen-bond acceptors (Lipinski definition) is 9. The maximum atomic E-state index is 12.1. The number of hydrogen-bond donors (Lipinski definition) is 4. The molecule has 4 N–H and O–H groups in total. The van der Waals surface area contributed by atoms with Crippen molar-refractivity contribution in [3.05, 3.63) is 38.6 Å². The molecule has 1 aromatic heterocycles. The van der Waals surface area contributed by atoms with Gasteiger partial charge in [-0.3, -0.25) is 20.3 Å². The van der Waals surface area contributed by atoms with E-state index in [0.717, 1.165) is 0 Å². The van der Waals surface area contributed by atoms with Crippen LogP contribution in [0, 0.1) is 16.7 Å². The van der Waals surface area contributed by atoms with Crippen LogP contribution in [0.5, 0.6) is 11.6 Å². The second kappa shape index (κ2) is 9.35. The van der Waals surface area contributed by atoms with E-state index in [4.69, 9.17) is 38.3 Å². The first-order valence-corrected chi connectivity index (χ1v) is 10.0. The number of aromatic amines is 1. The third-order valence-electron chi connectivity index (χ3n) is 4.38. The van der Waals surface area contributed by atoms with Crippen LogP contribution in [0.15, 0.2) is 28.1 Å². The molecule has 2 heterocycles. The van der Waals surface area contributed by atoms with Crippen LogP contribution in [0.3, 0.4) is 0 Å². The lowest BCUT2D eigenvalue weighted by molar-refractivity contribution is -0.114. The molecule has 0 saturated carbocycles. The molecule has 2 amide bonds. The van der Waals surface area contributed by atoms with Crippen molar-refractivity contribution >= 4 is 52.3 Å². The number of anilines is 2. The summed E-state index contributed by atoms with van der Waals surface area (Å²) in [5.41, 5.74) is 2.01. The van der Waals surface area contributed by atoms with Gasteiger partial charge in [0.1, 0.15) is 11.8 Å². The van der Waals surface area contributed by atoms with Gasteiger partial charge in [-0.2, -0.15) is 10.4 Å². The summed E-state index contributed by atoms with van der Waals surface area (Å²) in [6, 6.07) is 5.64. The highest BCUT2D eigenvalue weighted by atomic mass is 35.5. The van der Waals surface area contributed by atoms with Crippen LogP contribution in [-0.4, -0.2) is 46.1 Å². The Morgan fingerprint density at radius 1 is 1.30 bits per heavy atom. The SMILES string of the molecule is CC1(C)CN(c2cc(Oc3c(Cl)cc(NN=C(C#N)C(=O)NC(=O)O)cc3Cl)n[nH]c2=O)C1. The highest BCUT2D eigenvalue weighted by Crippen LogP contribution is 2.39. The molecular weight excluding hydrogens is 477 g/mol. The van der Waals surface area contributed by atoms with Crippen molar-refractivity contribution in [2.45, 2.75) is 13.8 Å². The third-order valence-corrected chi connectivity index (χ3v) is 4.94. The quantitative estimate of drug-likeness (QED) is 0.348. The van der Waals surface area contributed by atoms with Crippen molar-refractivity contribution in [3.8, 4) is 17.7 Å². The van der Waals surface area contributed by atoms with E-state index in [1.54, 1.807) is 0 Å². The van der Waals surface area contributed by atoms with Crippen LogP contribution >= 0.6 is 23.2 Å². The molecule has 0 radical (unpaired) electrons. The predicted octanol–water partition coefficient (Wildman–Crippen LogP) is 2.80. The predicted molar refractivity (Wildman–Crippen MR) is 120 cm³/mol. The maximum absolute atomic E-state index is 12.1. The van der Waals surface area contributed by atoms with Gasteiger partial charge in [0.15, 0.2) is 5.75 Å². The number of hydrazone groups is 1. The number of ether oxygens (including phenoxy) is 1. The van der Waals surface area contributed by atoms with Gasteiger partial charge in [-0.25, -0.2) is 9.89 Å². The zero-order chi connectivity index (χ0) is 24.3. The standard InChI is InChI=1S/C19H17Cl2N7O5/c1-19(2)7-28(8-19)13-5-14(26-27-17(13)30)33-15-10(20)3-9(4-11(15)21)24-25-12(6-22)16(29)23-18(31)32/h3-5,24H,7-8H2,1-2H3,(H,23,29)(H,27,30)(H,31,32). The summed E-state index contributed by atoms with van der Waals surface area (Å²) < 4.78 is 5.67. The molecule has 2 aromatic rings. The first kappa shape index (κ1) is 23.8. The maximum Gasteiger partial charge on any atom is 0.411 e. The minimum absolute atomic E-state index is 0.0355. The van der Waals surface area contributed by atoms with Crippen LogP contribution in [0.25, 0.3) is 0 Å². The Balaban J connectivity index is 1.78. The van der Waals surface area contributed by atoms with Crippen LogP contribution in [-0.2, 0) is 4.79 Å². The molecule has 0 unspecified atom stereocenters. The average Bonchev–Trinajstić information content (AvgIpc) is 2.70. The molecule has 1 fully saturated rings. The second-order valence-corrected chi connectivity index (χ2v) is 8.57. The van der Waals surface area contributed by atoms with Gasteiger partial charge in [0.25, 0.3) is 11.5 Å². The van der Waals surface area contributed by atoms with Gasteiger partial charge in [-0.15, -0.1) is 5.10 Å². The summed E-state index contributed by atoms with van der Waals surface area (Å²) in [6.45, 7) is 5.59. The molecule has 1 saturated heterocycles. The molecule has 14 heteroatoms. The summed E-state index contributed by atoms with van der Waals surface area (Å²) in [6.07, 6.45) is -1.63. The van der Waals surface area contributed by atoms with E-state index >= 15 is 0 Å². The van der Waals surface area contributed by atoms with E-state index in [2.05, 4.69) is 34.6 Å². The average molecular weight is 494 g/mol. The van der Waals surface area contributed by atoms with Crippen LogP contribution in [0.2, 0.25) is 10.0 Å². The minimum atomic E-state index is -1.63. The highest BCUT2D eigenvalue weighted by molar-refractivity contribution is 6.46. The number of halogens is 2. The van der Waals surface area contributed by atoms with E-state index in [0.29, 0.717) is 18.8 Å². The molecule has 0 aliphatic carbocycles. The first-order chi connectivity index (χ1) is 15.5. The molecule has 33 heavy (non-hydrogen) atoms. The number of carbonyl (C=O) groups excluding carboxylic acids is 1. The van der Waals surface area contributed by atoms with Crippen molar-refractivity contribution in [1.29, 1.82) is 5.26 Å². The van der Waals surface area contributed by atoms with Crippen LogP contribution < -0.4 is 25.9 Å². The van der Waals surface area contributed by atoms with Crippen molar-refractivity contribution in [2.75, 3.05) is 23.4 Å². The van der Waals surface area contributed by atoms with Gasteiger partial charge < -0.3 is 14.7 Å². The van der Waals surface area contributed by atoms with E-state index in [9.17, 15) is 14.4 Å². The highest BCUT2D eigenvalue weighted by Gasteiger charge is 2.35. The van der Waals surface area contributed by atoms with Gasteiger partial charge >= 0.3 is 6.09 Å². The molecule has 12 nitrogen and oxygen atoms in total. The van der Waals surface area contributed by atoms with E-state index in [-0.39, 0.29) is 38.3 Å². The number of benzene rings is 1. The molecule has 172 valence electrons. The Morgan fingerprint density at radius 3 is 2.48 bits per heavy atom. The number of amides is 2. The third kappa shape index (κ3) is 5.71. The number of H-pyrrole nitrogens is 1. The molecule has 0 atom stereocenters. The lowest BCUT2D eigenvalue weighted by Crippen LogP contribution is -2.54. The van der Waals surface area contributed by atoms with Gasteiger partial charge in [0.2, 0.25) is 11.6 Å². The van der Waals surface area contributed by atoms with Crippen molar-refractivity contribution in [1.82, 2.24) is 15.5 Å². The van der Waals surface area contributed by atoms with E-state index in [1.807, 2.05) is 4.90 Å².